The van der Waals surface area contributed by atoms with E-state index in [1.54, 1.807) is 30.3 Å². The lowest BCUT2D eigenvalue weighted by Gasteiger charge is -2.14. The maximum Gasteiger partial charge on any atom is 0.267 e. The van der Waals surface area contributed by atoms with E-state index in [2.05, 4.69) is 11.0 Å². The van der Waals surface area contributed by atoms with Gasteiger partial charge in [0.25, 0.3) is 15.9 Å². The largest absolute Gasteiger partial charge is 0.305 e. The smallest absolute Gasteiger partial charge is 0.267 e. The second kappa shape index (κ2) is 9.08. The van der Waals surface area contributed by atoms with Gasteiger partial charge in [-0.15, -0.1) is 0 Å². The van der Waals surface area contributed by atoms with Gasteiger partial charge >= 0.3 is 0 Å². The highest BCUT2D eigenvalue weighted by molar-refractivity contribution is 7.90. The van der Waals surface area contributed by atoms with Gasteiger partial charge in [0.2, 0.25) is 0 Å². The fourth-order valence-corrected chi connectivity index (χ4v) is 4.26. The van der Waals surface area contributed by atoms with E-state index in [1.165, 1.54) is 23.9 Å². The van der Waals surface area contributed by atoms with Gasteiger partial charge in [-0.3, -0.25) is 10.0 Å². The molecule has 0 aliphatic heterocycles. The van der Waals surface area contributed by atoms with Crippen molar-refractivity contribution in [3.8, 4) is 11.1 Å². The zero-order chi connectivity index (χ0) is 21.7. The SMILES string of the molecule is CN(C)Cc1ccccc1-c1ccc(S(=O)(=O)n2ccc(C=CC(=O)NO)c2)cc1. The summed E-state index contributed by atoms with van der Waals surface area (Å²) in [5.74, 6) is -0.698. The van der Waals surface area contributed by atoms with Gasteiger partial charge < -0.3 is 4.90 Å². The van der Waals surface area contributed by atoms with Crippen molar-refractivity contribution in [1.82, 2.24) is 14.4 Å². The summed E-state index contributed by atoms with van der Waals surface area (Å²) in [6.45, 7) is 0.782. The Hall–Kier alpha value is -3.20. The first kappa shape index (κ1) is 21.5. The average Bonchev–Trinajstić information content (AvgIpc) is 3.22. The van der Waals surface area contributed by atoms with Crippen LogP contribution in [0.5, 0.6) is 0 Å². The topological polar surface area (TPSA) is 91.6 Å². The van der Waals surface area contributed by atoms with Gasteiger partial charge in [-0.1, -0.05) is 36.4 Å². The van der Waals surface area contributed by atoms with Gasteiger partial charge in [-0.05, 0) is 60.6 Å². The Morgan fingerprint density at radius 1 is 1.10 bits per heavy atom. The molecule has 0 radical (unpaired) electrons. The number of carbonyl (C=O) groups is 1. The lowest BCUT2D eigenvalue weighted by molar-refractivity contribution is -0.124. The summed E-state index contributed by atoms with van der Waals surface area (Å²) in [5, 5.41) is 8.51. The summed E-state index contributed by atoms with van der Waals surface area (Å²) in [6, 6.07) is 16.4. The lowest BCUT2D eigenvalue weighted by Crippen LogP contribution is -2.14. The van der Waals surface area contributed by atoms with Gasteiger partial charge in [0, 0.05) is 25.0 Å². The third kappa shape index (κ3) is 4.85. The maximum atomic E-state index is 12.9. The second-order valence-corrected chi connectivity index (χ2v) is 8.85. The van der Waals surface area contributed by atoms with Crippen LogP contribution in [0.3, 0.4) is 0 Å². The highest BCUT2D eigenvalue weighted by atomic mass is 32.2. The van der Waals surface area contributed by atoms with Crippen LogP contribution in [0.25, 0.3) is 17.2 Å². The quantitative estimate of drug-likeness (QED) is 0.345. The Balaban J connectivity index is 1.87. The first-order chi connectivity index (χ1) is 14.3. The van der Waals surface area contributed by atoms with Crippen molar-refractivity contribution in [2.45, 2.75) is 11.4 Å². The summed E-state index contributed by atoms with van der Waals surface area (Å²) in [6.07, 6.45) is 5.32. The van der Waals surface area contributed by atoms with Crippen molar-refractivity contribution in [2.24, 2.45) is 0 Å². The van der Waals surface area contributed by atoms with E-state index in [9.17, 15) is 13.2 Å². The van der Waals surface area contributed by atoms with Crippen LogP contribution in [0.2, 0.25) is 0 Å². The molecule has 0 spiro atoms. The molecule has 2 aromatic carbocycles. The van der Waals surface area contributed by atoms with Gasteiger partial charge in [-0.25, -0.2) is 17.9 Å². The summed E-state index contributed by atoms with van der Waals surface area (Å²) in [5.41, 5.74) is 5.15. The lowest BCUT2D eigenvalue weighted by atomic mass is 9.99. The fraction of sp³-hybridized carbons (Fsp3) is 0.136. The molecule has 1 heterocycles. The van der Waals surface area contributed by atoms with Crippen molar-refractivity contribution in [2.75, 3.05) is 14.1 Å². The standard InChI is InChI=1S/C22H23N3O4S/c1-24(2)16-19-5-3-4-6-21(19)18-8-10-20(11-9-18)30(28,29)25-14-13-17(15-25)7-12-22(26)23-27/h3-15,27H,16H2,1-2H3,(H,23,26). The van der Waals surface area contributed by atoms with E-state index in [0.29, 0.717) is 5.56 Å². The number of rotatable bonds is 7. The third-order valence-corrected chi connectivity index (χ3v) is 6.12. The first-order valence-corrected chi connectivity index (χ1v) is 10.6. The molecule has 156 valence electrons. The maximum absolute atomic E-state index is 12.9. The fourth-order valence-electron chi connectivity index (χ4n) is 3.06. The van der Waals surface area contributed by atoms with E-state index in [4.69, 9.17) is 5.21 Å². The third-order valence-electron chi connectivity index (χ3n) is 4.47. The second-order valence-electron chi connectivity index (χ2n) is 7.01. The van der Waals surface area contributed by atoms with Crippen molar-refractivity contribution in [3.05, 3.63) is 84.2 Å². The molecule has 1 amide bonds. The Morgan fingerprint density at radius 3 is 2.47 bits per heavy atom. The normalized spacial score (nSPS) is 11.9. The van der Waals surface area contributed by atoms with Crippen LogP contribution in [0.1, 0.15) is 11.1 Å². The summed E-state index contributed by atoms with van der Waals surface area (Å²) < 4.78 is 26.9. The number of benzene rings is 2. The molecular formula is C22H23N3O4S. The molecule has 1 aromatic heterocycles. The Bertz CT molecular complexity index is 1160. The molecule has 0 fully saturated rings. The number of nitrogens with zero attached hydrogens (tertiary/aromatic N) is 2. The minimum absolute atomic E-state index is 0.163. The Labute approximate surface area is 175 Å². The van der Waals surface area contributed by atoms with Crippen LogP contribution >= 0.6 is 0 Å². The molecular weight excluding hydrogens is 402 g/mol. The summed E-state index contributed by atoms with van der Waals surface area (Å²) >= 11 is 0. The van der Waals surface area contributed by atoms with Crippen molar-refractivity contribution in [3.63, 3.8) is 0 Å². The van der Waals surface area contributed by atoms with Crippen LogP contribution in [0.4, 0.5) is 0 Å². The number of hydrogen-bond donors (Lipinski definition) is 2. The summed E-state index contributed by atoms with van der Waals surface area (Å²) in [7, 11) is 0.241. The molecule has 3 aromatic rings. The molecule has 0 aliphatic carbocycles. The van der Waals surface area contributed by atoms with Crippen molar-refractivity contribution in [1.29, 1.82) is 0 Å². The first-order valence-electron chi connectivity index (χ1n) is 9.20. The Kier molecular flexibility index (Phi) is 6.51. The highest BCUT2D eigenvalue weighted by Gasteiger charge is 2.17. The average molecular weight is 426 g/mol. The highest BCUT2D eigenvalue weighted by Crippen LogP contribution is 2.26. The van der Waals surface area contributed by atoms with Crippen LogP contribution < -0.4 is 5.48 Å². The summed E-state index contributed by atoms with van der Waals surface area (Å²) in [4.78, 5) is 13.3. The molecule has 0 atom stereocenters. The monoisotopic (exact) mass is 425 g/mol. The zero-order valence-corrected chi connectivity index (χ0v) is 17.5. The van der Waals surface area contributed by atoms with E-state index in [0.717, 1.165) is 33.3 Å². The van der Waals surface area contributed by atoms with Crippen molar-refractivity contribution >= 4 is 22.0 Å². The molecule has 0 bridgehead atoms. The zero-order valence-electron chi connectivity index (χ0n) is 16.7. The molecule has 7 nitrogen and oxygen atoms in total. The molecule has 2 N–H and O–H groups in total. The minimum atomic E-state index is -3.77. The molecule has 3 rings (SSSR count). The van der Waals surface area contributed by atoms with Gasteiger partial charge in [0.05, 0.1) is 4.90 Å². The van der Waals surface area contributed by atoms with E-state index in [1.807, 2.05) is 32.3 Å². The predicted octanol–water partition coefficient (Wildman–Crippen LogP) is 2.97. The molecule has 30 heavy (non-hydrogen) atoms. The molecule has 8 heteroatoms. The predicted molar refractivity (Wildman–Crippen MR) is 115 cm³/mol. The van der Waals surface area contributed by atoms with E-state index >= 15 is 0 Å². The Morgan fingerprint density at radius 2 is 1.80 bits per heavy atom. The number of hydrogen-bond acceptors (Lipinski definition) is 5. The molecule has 0 aliphatic rings. The number of nitrogens with one attached hydrogen (secondary N) is 1. The van der Waals surface area contributed by atoms with E-state index < -0.39 is 15.9 Å². The number of aromatic nitrogens is 1. The van der Waals surface area contributed by atoms with Gasteiger partial charge in [0.1, 0.15) is 0 Å². The number of hydroxylamine groups is 1. The van der Waals surface area contributed by atoms with Crippen LogP contribution in [-0.2, 0) is 21.4 Å². The molecule has 0 saturated heterocycles. The van der Waals surface area contributed by atoms with Gasteiger partial charge in [-0.2, -0.15) is 0 Å². The molecule has 0 unspecified atom stereocenters. The number of carbonyl (C=O) groups excluding carboxylic acids is 1. The number of amides is 1. The van der Waals surface area contributed by atoms with Crippen LogP contribution in [0.15, 0.2) is 78.0 Å². The van der Waals surface area contributed by atoms with Crippen LogP contribution in [-0.4, -0.2) is 42.5 Å². The van der Waals surface area contributed by atoms with Crippen molar-refractivity contribution < 1.29 is 18.4 Å². The molecule has 0 saturated carbocycles. The minimum Gasteiger partial charge on any atom is -0.305 e. The van der Waals surface area contributed by atoms with Gasteiger partial charge in [0.15, 0.2) is 0 Å². The van der Waals surface area contributed by atoms with Crippen LogP contribution in [0, 0.1) is 0 Å². The van der Waals surface area contributed by atoms with E-state index in [-0.39, 0.29) is 4.90 Å².